The molecule has 0 N–H and O–H groups in total. The van der Waals surface area contributed by atoms with Crippen molar-refractivity contribution in [1.29, 1.82) is 0 Å². The zero-order chi connectivity index (χ0) is 15.6. The minimum atomic E-state index is -0.429. The standard InChI is InChI=1S/C16H20N2O4/c1-17-12-16(22-14(17)19)7-9-18(10-8-16)15(20)21-11-13-5-3-2-4-6-13/h2-6H,7-12H2,1H3. The van der Waals surface area contributed by atoms with Crippen molar-refractivity contribution in [2.24, 2.45) is 0 Å². The summed E-state index contributed by atoms with van der Waals surface area (Å²) in [6, 6.07) is 9.60. The van der Waals surface area contributed by atoms with E-state index in [2.05, 4.69) is 0 Å². The van der Waals surface area contributed by atoms with Gasteiger partial charge < -0.3 is 19.3 Å². The van der Waals surface area contributed by atoms with Crippen LogP contribution < -0.4 is 0 Å². The molecule has 1 aromatic rings. The van der Waals surface area contributed by atoms with Gasteiger partial charge in [0, 0.05) is 33.0 Å². The smallest absolute Gasteiger partial charge is 0.410 e. The third-order valence-electron chi connectivity index (χ3n) is 4.28. The van der Waals surface area contributed by atoms with Crippen LogP contribution >= 0.6 is 0 Å². The van der Waals surface area contributed by atoms with Gasteiger partial charge in [-0.15, -0.1) is 0 Å². The molecule has 0 aliphatic carbocycles. The van der Waals surface area contributed by atoms with E-state index in [1.807, 2.05) is 30.3 Å². The first kappa shape index (κ1) is 14.7. The number of ether oxygens (including phenoxy) is 2. The van der Waals surface area contributed by atoms with E-state index in [1.165, 1.54) is 0 Å². The van der Waals surface area contributed by atoms with Gasteiger partial charge in [-0.3, -0.25) is 0 Å². The Morgan fingerprint density at radius 1 is 1.27 bits per heavy atom. The van der Waals surface area contributed by atoms with Crippen molar-refractivity contribution < 1.29 is 19.1 Å². The number of rotatable bonds is 2. The lowest BCUT2D eigenvalue weighted by atomic mass is 9.91. The van der Waals surface area contributed by atoms with Crippen molar-refractivity contribution in [3.8, 4) is 0 Å². The molecule has 0 unspecified atom stereocenters. The molecule has 0 radical (unpaired) electrons. The third-order valence-corrected chi connectivity index (χ3v) is 4.28. The lowest BCUT2D eigenvalue weighted by molar-refractivity contribution is -0.00127. The summed E-state index contributed by atoms with van der Waals surface area (Å²) in [4.78, 5) is 26.9. The molecule has 118 valence electrons. The first-order valence-electron chi connectivity index (χ1n) is 7.48. The molecule has 2 saturated heterocycles. The van der Waals surface area contributed by atoms with E-state index in [9.17, 15) is 9.59 Å². The van der Waals surface area contributed by atoms with Crippen molar-refractivity contribution in [1.82, 2.24) is 9.80 Å². The molecule has 6 nitrogen and oxygen atoms in total. The highest BCUT2D eigenvalue weighted by Crippen LogP contribution is 2.32. The summed E-state index contributed by atoms with van der Waals surface area (Å²) in [5, 5.41) is 0. The highest BCUT2D eigenvalue weighted by molar-refractivity contribution is 5.71. The maximum Gasteiger partial charge on any atom is 0.410 e. The van der Waals surface area contributed by atoms with Crippen molar-refractivity contribution in [2.45, 2.75) is 25.0 Å². The van der Waals surface area contributed by atoms with E-state index in [1.54, 1.807) is 16.8 Å². The second-order valence-electron chi connectivity index (χ2n) is 5.93. The first-order valence-corrected chi connectivity index (χ1v) is 7.48. The van der Waals surface area contributed by atoms with Crippen LogP contribution in [0.4, 0.5) is 9.59 Å². The number of nitrogens with zero attached hydrogens (tertiary/aromatic N) is 2. The van der Waals surface area contributed by atoms with Crippen LogP contribution in [-0.2, 0) is 16.1 Å². The molecule has 2 heterocycles. The molecular weight excluding hydrogens is 284 g/mol. The fourth-order valence-corrected chi connectivity index (χ4v) is 2.96. The molecule has 2 fully saturated rings. The van der Waals surface area contributed by atoms with Crippen LogP contribution in [-0.4, -0.2) is 54.3 Å². The minimum Gasteiger partial charge on any atom is -0.445 e. The van der Waals surface area contributed by atoms with E-state index in [0.717, 1.165) is 5.56 Å². The fourth-order valence-electron chi connectivity index (χ4n) is 2.96. The second kappa shape index (κ2) is 5.87. The Labute approximate surface area is 129 Å². The summed E-state index contributed by atoms with van der Waals surface area (Å²) in [6.45, 7) is 1.97. The molecule has 22 heavy (non-hydrogen) atoms. The average molecular weight is 304 g/mol. The summed E-state index contributed by atoms with van der Waals surface area (Å²) in [5.74, 6) is 0. The Morgan fingerprint density at radius 2 is 1.95 bits per heavy atom. The average Bonchev–Trinajstić information content (AvgIpc) is 2.80. The maximum absolute atomic E-state index is 12.1. The quantitative estimate of drug-likeness (QED) is 0.841. The molecule has 2 amide bonds. The Hall–Kier alpha value is -2.24. The highest BCUT2D eigenvalue weighted by Gasteiger charge is 2.46. The largest absolute Gasteiger partial charge is 0.445 e. The summed E-state index contributed by atoms with van der Waals surface area (Å²) in [6.07, 6.45) is 0.726. The van der Waals surface area contributed by atoms with Crippen LogP contribution in [0.2, 0.25) is 0 Å². The van der Waals surface area contributed by atoms with E-state index >= 15 is 0 Å². The van der Waals surface area contributed by atoms with E-state index < -0.39 is 5.60 Å². The molecule has 2 aliphatic heterocycles. The van der Waals surface area contributed by atoms with Gasteiger partial charge in [-0.1, -0.05) is 30.3 Å². The number of piperidine rings is 1. The molecule has 3 rings (SSSR count). The number of likely N-dealkylation sites (tertiary alicyclic amines) is 1. The minimum absolute atomic E-state index is 0.277. The van der Waals surface area contributed by atoms with Gasteiger partial charge in [-0.25, -0.2) is 9.59 Å². The van der Waals surface area contributed by atoms with Gasteiger partial charge in [0.2, 0.25) is 0 Å². The third kappa shape index (κ3) is 3.00. The fraction of sp³-hybridized carbons (Fsp3) is 0.500. The highest BCUT2D eigenvalue weighted by atomic mass is 16.6. The first-order chi connectivity index (χ1) is 10.6. The van der Waals surface area contributed by atoms with E-state index in [4.69, 9.17) is 9.47 Å². The van der Waals surface area contributed by atoms with Gasteiger partial charge in [0.25, 0.3) is 0 Å². The van der Waals surface area contributed by atoms with Crippen molar-refractivity contribution in [2.75, 3.05) is 26.7 Å². The molecule has 0 saturated carbocycles. The Morgan fingerprint density at radius 3 is 2.55 bits per heavy atom. The van der Waals surface area contributed by atoms with Gasteiger partial charge in [-0.05, 0) is 5.56 Å². The SMILES string of the molecule is CN1CC2(CCN(C(=O)OCc3ccccc3)CC2)OC1=O. The van der Waals surface area contributed by atoms with E-state index in [-0.39, 0.29) is 18.8 Å². The van der Waals surface area contributed by atoms with Gasteiger partial charge >= 0.3 is 12.2 Å². The molecule has 0 bridgehead atoms. The summed E-state index contributed by atoms with van der Waals surface area (Å²) >= 11 is 0. The van der Waals surface area contributed by atoms with Gasteiger partial charge in [0.1, 0.15) is 12.2 Å². The van der Waals surface area contributed by atoms with Crippen LogP contribution in [0.5, 0.6) is 0 Å². The molecule has 6 heteroatoms. The lowest BCUT2D eigenvalue weighted by Crippen LogP contribution is -2.48. The van der Waals surface area contributed by atoms with E-state index in [0.29, 0.717) is 32.5 Å². The Balaban J connectivity index is 1.49. The molecule has 0 atom stereocenters. The van der Waals surface area contributed by atoms with Gasteiger partial charge in [-0.2, -0.15) is 0 Å². The summed E-state index contributed by atoms with van der Waals surface area (Å²) < 4.78 is 10.8. The number of carbonyl (C=O) groups is 2. The molecule has 1 aromatic carbocycles. The van der Waals surface area contributed by atoms with Crippen LogP contribution in [0.3, 0.4) is 0 Å². The van der Waals surface area contributed by atoms with Crippen LogP contribution in [0.1, 0.15) is 18.4 Å². The number of likely N-dealkylation sites (N-methyl/N-ethyl adjacent to an activating group) is 1. The zero-order valence-electron chi connectivity index (χ0n) is 12.7. The maximum atomic E-state index is 12.1. The molecule has 2 aliphatic rings. The van der Waals surface area contributed by atoms with Crippen LogP contribution in [0, 0.1) is 0 Å². The predicted molar refractivity (Wildman–Crippen MR) is 79.3 cm³/mol. The number of benzene rings is 1. The second-order valence-corrected chi connectivity index (χ2v) is 5.93. The Kier molecular flexibility index (Phi) is 3.92. The predicted octanol–water partition coefficient (Wildman–Crippen LogP) is 2.24. The van der Waals surface area contributed by atoms with Crippen LogP contribution in [0.25, 0.3) is 0 Å². The number of amides is 2. The van der Waals surface area contributed by atoms with Gasteiger partial charge in [0.05, 0.1) is 6.54 Å². The van der Waals surface area contributed by atoms with Crippen molar-refractivity contribution in [3.63, 3.8) is 0 Å². The molecule has 0 aromatic heterocycles. The summed E-state index contributed by atoms with van der Waals surface area (Å²) in [5.41, 5.74) is 0.540. The normalized spacial score (nSPS) is 20.1. The molecular formula is C16H20N2O4. The molecule has 1 spiro atoms. The van der Waals surface area contributed by atoms with Gasteiger partial charge in [0.15, 0.2) is 0 Å². The topological polar surface area (TPSA) is 59.1 Å². The van der Waals surface area contributed by atoms with Crippen molar-refractivity contribution in [3.05, 3.63) is 35.9 Å². The van der Waals surface area contributed by atoms with Crippen LogP contribution in [0.15, 0.2) is 30.3 Å². The zero-order valence-corrected chi connectivity index (χ0v) is 12.7. The Bertz CT molecular complexity index is 553. The number of hydrogen-bond donors (Lipinski definition) is 0. The summed E-state index contributed by atoms with van der Waals surface area (Å²) in [7, 11) is 1.73. The number of hydrogen-bond acceptors (Lipinski definition) is 4. The lowest BCUT2D eigenvalue weighted by Gasteiger charge is -2.36. The van der Waals surface area contributed by atoms with Crippen molar-refractivity contribution >= 4 is 12.2 Å². The monoisotopic (exact) mass is 304 g/mol. The number of carbonyl (C=O) groups excluding carboxylic acids is 2.